The number of anilines is 2. The van der Waals surface area contributed by atoms with E-state index in [-0.39, 0.29) is 22.0 Å². The molecule has 0 heterocycles. The molecule has 0 atom stereocenters. The van der Waals surface area contributed by atoms with Crippen LogP contribution in [0.15, 0.2) is 41.3 Å². The number of benzene rings is 2. The van der Waals surface area contributed by atoms with Gasteiger partial charge in [-0.05, 0) is 30.3 Å². The quantitative estimate of drug-likeness (QED) is 0.817. The number of amides is 1. The SMILES string of the molecule is COc1ccc(OC)c(S(=O)(=O)Nc2ccc(F)c(NC(C)=O)c2)c1. The van der Waals surface area contributed by atoms with Crippen molar-refractivity contribution in [1.29, 1.82) is 0 Å². The molecule has 0 radical (unpaired) electrons. The summed E-state index contributed by atoms with van der Waals surface area (Å²) in [5, 5.41) is 2.29. The Morgan fingerprint density at radius 3 is 2.40 bits per heavy atom. The standard InChI is InChI=1S/C16H17FN2O5S/c1-10(20)18-14-8-11(4-6-13(14)17)19-25(21,22)16-9-12(23-2)5-7-15(16)24-3/h4-9,19H,1-3H3,(H,18,20). The molecule has 134 valence electrons. The van der Waals surface area contributed by atoms with E-state index in [1.54, 1.807) is 6.07 Å². The zero-order valence-electron chi connectivity index (χ0n) is 13.8. The van der Waals surface area contributed by atoms with Crippen LogP contribution in [0.1, 0.15) is 6.92 Å². The second-order valence-corrected chi connectivity index (χ2v) is 6.65. The third-order valence-electron chi connectivity index (χ3n) is 3.19. The summed E-state index contributed by atoms with van der Waals surface area (Å²) in [6.07, 6.45) is 0. The van der Waals surface area contributed by atoms with Gasteiger partial charge >= 0.3 is 0 Å². The number of ether oxygens (including phenoxy) is 2. The van der Waals surface area contributed by atoms with Crippen LogP contribution in [0.2, 0.25) is 0 Å². The molecule has 0 aliphatic heterocycles. The fourth-order valence-electron chi connectivity index (χ4n) is 2.08. The maximum Gasteiger partial charge on any atom is 0.265 e. The smallest absolute Gasteiger partial charge is 0.265 e. The lowest BCUT2D eigenvalue weighted by atomic mass is 10.2. The molecule has 2 N–H and O–H groups in total. The Balaban J connectivity index is 2.41. The molecule has 0 bridgehead atoms. The monoisotopic (exact) mass is 368 g/mol. The van der Waals surface area contributed by atoms with Crippen molar-refractivity contribution in [3.05, 3.63) is 42.2 Å². The van der Waals surface area contributed by atoms with E-state index in [4.69, 9.17) is 9.47 Å². The average Bonchev–Trinajstić information content (AvgIpc) is 2.56. The largest absolute Gasteiger partial charge is 0.497 e. The molecule has 2 aromatic carbocycles. The van der Waals surface area contributed by atoms with Crippen LogP contribution in [-0.2, 0) is 14.8 Å². The van der Waals surface area contributed by atoms with Crippen LogP contribution >= 0.6 is 0 Å². The summed E-state index contributed by atoms with van der Waals surface area (Å²) in [5.41, 5.74) is -0.0552. The number of nitrogens with one attached hydrogen (secondary N) is 2. The molecule has 0 aromatic heterocycles. The highest BCUT2D eigenvalue weighted by atomic mass is 32.2. The summed E-state index contributed by atoms with van der Waals surface area (Å²) < 4.78 is 51.4. The zero-order valence-corrected chi connectivity index (χ0v) is 14.6. The molecule has 7 nitrogen and oxygen atoms in total. The first-order valence-electron chi connectivity index (χ1n) is 7.09. The van der Waals surface area contributed by atoms with E-state index in [2.05, 4.69) is 10.0 Å². The van der Waals surface area contributed by atoms with Crippen molar-refractivity contribution < 1.29 is 27.1 Å². The van der Waals surface area contributed by atoms with Crippen molar-refractivity contribution in [2.45, 2.75) is 11.8 Å². The fraction of sp³-hybridized carbons (Fsp3) is 0.188. The zero-order chi connectivity index (χ0) is 18.6. The summed E-state index contributed by atoms with van der Waals surface area (Å²) in [7, 11) is -1.29. The topological polar surface area (TPSA) is 93.7 Å². The van der Waals surface area contributed by atoms with E-state index in [0.29, 0.717) is 5.75 Å². The van der Waals surface area contributed by atoms with Gasteiger partial charge in [0.15, 0.2) is 0 Å². The van der Waals surface area contributed by atoms with Crippen LogP contribution in [0.4, 0.5) is 15.8 Å². The number of rotatable bonds is 6. The van der Waals surface area contributed by atoms with Gasteiger partial charge in [0, 0.05) is 13.0 Å². The first kappa shape index (κ1) is 18.5. The first-order chi connectivity index (χ1) is 11.8. The second-order valence-electron chi connectivity index (χ2n) is 5.00. The fourth-order valence-corrected chi connectivity index (χ4v) is 3.31. The molecule has 0 aliphatic carbocycles. The lowest BCUT2D eigenvalue weighted by molar-refractivity contribution is -0.114. The minimum Gasteiger partial charge on any atom is -0.497 e. The predicted octanol–water partition coefficient (Wildman–Crippen LogP) is 2.60. The van der Waals surface area contributed by atoms with Gasteiger partial charge in [-0.1, -0.05) is 0 Å². The Kier molecular flexibility index (Phi) is 5.48. The van der Waals surface area contributed by atoms with Crippen LogP contribution in [0.5, 0.6) is 11.5 Å². The highest BCUT2D eigenvalue weighted by Crippen LogP contribution is 2.30. The van der Waals surface area contributed by atoms with Gasteiger partial charge in [0.2, 0.25) is 5.91 Å². The molecular weight excluding hydrogens is 351 g/mol. The molecule has 1 amide bonds. The van der Waals surface area contributed by atoms with Crippen molar-refractivity contribution in [3.63, 3.8) is 0 Å². The molecule has 0 fully saturated rings. The van der Waals surface area contributed by atoms with E-state index in [1.165, 1.54) is 45.4 Å². The summed E-state index contributed by atoms with van der Waals surface area (Å²) in [6, 6.07) is 7.79. The summed E-state index contributed by atoms with van der Waals surface area (Å²) in [5.74, 6) is -0.706. The predicted molar refractivity (Wildman–Crippen MR) is 91.1 cm³/mol. The third kappa shape index (κ3) is 4.38. The van der Waals surface area contributed by atoms with Crippen LogP contribution in [0.3, 0.4) is 0 Å². The Labute approximate surface area is 144 Å². The number of hydrogen-bond donors (Lipinski definition) is 2. The number of carbonyl (C=O) groups is 1. The van der Waals surface area contributed by atoms with Crippen molar-refractivity contribution >= 4 is 27.3 Å². The number of hydrogen-bond acceptors (Lipinski definition) is 5. The maximum atomic E-state index is 13.7. The molecule has 0 unspecified atom stereocenters. The molecule has 2 rings (SSSR count). The molecule has 0 aliphatic rings. The van der Waals surface area contributed by atoms with Crippen LogP contribution in [0, 0.1) is 5.82 Å². The lowest BCUT2D eigenvalue weighted by Crippen LogP contribution is -2.15. The van der Waals surface area contributed by atoms with E-state index in [1.807, 2.05) is 0 Å². The van der Waals surface area contributed by atoms with Crippen molar-refractivity contribution in [3.8, 4) is 11.5 Å². The Hall–Kier alpha value is -2.81. The maximum absolute atomic E-state index is 13.7. The van der Waals surface area contributed by atoms with E-state index >= 15 is 0 Å². The number of methoxy groups -OCH3 is 2. The highest BCUT2D eigenvalue weighted by Gasteiger charge is 2.21. The van der Waals surface area contributed by atoms with Gasteiger partial charge < -0.3 is 14.8 Å². The first-order valence-corrected chi connectivity index (χ1v) is 8.57. The summed E-state index contributed by atoms with van der Waals surface area (Å²) in [6.45, 7) is 1.22. The second kappa shape index (κ2) is 7.39. The van der Waals surface area contributed by atoms with E-state index in [9.17, 15) is 17.6 Å². The number of carbonyl (C=O) groups excluding carboxylic acids is 1. The van der Waals surface area contributed by atoms with Crippen molar-refractivity contribution in [1.82, 2.24) is 0 Å². The molecule has 9 heteroatoms. The molecule has 0 saturated heterocycles. The van der Waals surface area contributed by atoms with E-state index in [0.717, 1.165) is 6.07 Å². The van der Waals surface area contributed by atoms with Crippen LogP contribution in [0.25, 0.3) is 0 Å². The summed E-state index contributed by atoms with van der Waals surface area (Å²) >= 11 is 0. The van der Waals surface area contributed by atoms with Crippen molar-refractivity contribution in [2.75, 3.05) is 24.3 Å². The highest BCUT2D eigenvalue weighted by molar-refractivity contribution is 7.92. The minimum absolute atomic E-state index is 0.0787. The van der Waals surface area contributed by atoms with Gasteiger partial charge in [0.05, 0.1) is 25.6 Å². The Morgan fingerprint density at radius 2 is 1.80 bits per heavy atom. The molecule has 2 aromatic rings. The van der Waals surface area contributed by atoms with Gasteiger partial charge in [-0.3, -0.25) is 9.52 Å². The van der Waals surface area contributed by atoms with Gasteiger partial charge in [-0.15, -0.1) is 0 Å². The minimum atomic E-state index is -4.04. The number of halogens is 1. The van der Waals surface area contributed by atoms with Crippen LogP contribution in [-0.4, -0.2) is 28.5 Å². The summed E-state index contributed by atoms with van der Waals surface area (Å²) in [4.78, 5) is 11.0. The normalized spacial score (nSPS) is 10.9. The number of sulfonamides is 1. The van der Waals surface area contributed by atoms with Gasteiger partial charge in [-0.25, -0.2) is 12.8 Å². The van der Waals surface area contributed by atoms with E-state index < -0.39 is 21.7 Å². The molecular formula is C16H17FN2O5S. The third-order valence-corrected chi connectivity index (χ3v) is 4.59. The Bertz CT molecular complexity index is 899. The molecule has 0 saturated carbocycles. The molecule has 25 heavy (non-hydrogen) atoms. The van der Waals surface area contributed by atoms with Gasteiger partial charge in [-0.2, -0.15) is 0 Å². The average molecular weight is 368 g/mol. The molecule has 0 spiro atoms. The Morgan fingerprint density at radius 1 is 1.08 bits per heavy atom. The van der Waals surface area contributed by atoms with Gasteiger partial charge in [0.1, 0.15) is 22.2 Å². The van der Waals surface area contributed by atoms with Crippen molar-refractivity contribution in [2.24, 2.45) is 0 Å². The van der Waals surface area contributed by atoms with Gasteiger partial charge in [0.25, 0.3) is 10.0 Å². The van der Waals surface area contributed by atoms with Crippen LogP contribution < -0.4 is 19.5 Å². The lowest BCUT2D eigenvalue weighted by Gasteiger charge is -2.14.